The van der Waals surface area contributed by atoms with Crippen LogP contribution in [-0.4, -0.2) is 4.57 Å². The molecule has 0 saturated heterocycles. The third-order valence-electron chi connectivity index (χ3n) is 6.04. The third kappa shape index (κ3) is 5.55. The molecule has 0 radical (unpaired) electrons. The average molecular weight is 523 g/mol. The van der Waals surface area contributed by atoms with Gasteiger partial charge in [0.05, 0.1) is 17.8 Å². The van der Waals surface area contributed by atoms with E-state index in [4.69, 9.17) is 16.3 Å². The van der Waals surface area contributed by atoms with E-state index in [1.165, 1.54) is 10.6 Å². The summed E-state index contributed by atoms with van der Waals surface area (Å²) in [5, 5.41) is 9.96. The minimum absolute atomic E-state index is 0.00686. The van der Waals surface area contributed by atoms with Crippen LogP contribution in [0.25, 0.3) is 11.3 Å². The van der Waals surface area contributed by atoms with E-state index in [0.717, 1.165) is 22.8 Å². The normalized spacial score (nSPS) is 11.3. The van der Waals surface area contributed by atoms with Crippen LogP contribution in [0.5, 0.6) is 11.5 Å². The van der Waals surface area contributed by atoms with Gasteiger partial charge in [-0.3, -0.25) is 4.79 Å². The van der Waals surface area contributed by atoms with Gasteiger partial charge in [0.2, 0.25) is 0 Å². The Bertz CT molecular complexity index is 1600. The number of ether oxygens (including phenoxy) is 1. The van der Waals surface area contributed by atoms with Gasteiger partial charge in [-0.05, 0) is 85.5 Å². The number of aromatic nitrogens is 1. The molecule has 0 amide bonds. The highest BCUT2D eigenvalue weighted by Crippen LogP contribution is 2.35. The van der Waals surface area contributed by atoms with Gasteiger partial charge in [0.1, 0.15) is 23.1 Å². The largest absolute Gasteiger partial charge is 0.457 e. The SMILES string of the molecule is Cc1ccc(Cn2c(-c3ccc(Oc4cccc(Cl)c4)c(C)c3)cc(C(F)(F)F)c(C#N)c2=O)c(C)c1. The predicted octanol–water partition coefficient (Wildman–Crippen LogP) is 7.83. The summed E-state index contributed by atoms with van der Waals surface area (Å²) >= 11 is 6.02. The molecule has 0 spiro atoms. The Morgan fingerprint density at radius 3 is 2.35 bits per heavy atom. The third-order valence-corrected chi connectivity index (χ3v) is 6.27. The zero-order valence-electron chi connectivity index (χ0n) is 20.3. The first-order valence-electron chi connectivity index (χ1n) is 11.3. The molecule has 3 aromatic carbocycles. The number of aryl methyl sites for hydroxylation is 3. The highest BCUT2D eigenvalue weighted by atomic mass is 35.5. The number of hydrogen-bond donors (Lipinski definition) is 0. The molecule has 1 heterocycles. The van der Waals surface area contributed by atoms with Gasteiger partial charge in [0, 0.05) is 5.02 Å². The molecule has 0 unspecified atom stereocenters. The molecule has 188 valence electrons. The Balaban J connectivity index is 1.88. The second-order valence-electron chi connectivity index (χ2n) is 8.79. The van der Waals surface area contributed by atoms with E-state index in [1.807, 2.05) is 32.0 Å². The van der Waals surface area contributed by atoms with Crippen LogP contribution in [0, 0.1) is 32.1 Å². The van der Waals surface area contributed by atoms with E-state index in [1.54, 1.807) is 49.4 Å². The van der Waals surface area contributed by atoms with Gasteiger partial charge in [0.15, 0.2) is 0 Å². The number of benzene rings is 3. The Morgan fingerprint density at radius 1 is 0.973 bits per heavy atom. The summed E-state index contributed by atoms with van der Waals surface area (Å²) in [6.07, 6.45) is -4.87. The Labute approximate surface area is 217 Å². The molecule has 37 heavy (non-hydrogen) atoms. The first kappa shape index (κ1) is 26.1. The summed E-state index contributed by atoms with van der Waals surface area (Å²) in [6.45, 7) is 5.56. The van der Waals surface area contributed by atoms with Crippen molar-refractivity contribution in [1.29, 1.82) is 5.26 Å². The molecule has 4 aromatic rings. The Kier molecular flexibility index (Phi) is 7.15. The van der Waals surface area contributed by atoms with Gasteiger partial charge < -0.3 is 9.30 Å². The van der Waals surface area contributed by atoms with Crippen molar-refractivity contribution in [3.05, 3.63) is 115 Å². The van der Waals surface area contributed by atoms with Crippen LogP contribution in [-0.2, 0) is 12.7 Å². The van der Waals surface area contributed by atoms with Crippen molar-refractivity contribution in [2.24, 2.45) is 0 Å². The number of nitrogens with zero attached hydrogens (tertiary/aromatic N) is 2. The Hall–Kier alpha value is -4.02. The summed E-state index contributed by atoms with van der Waals surface area (Å²) in [5.74, 6) is 0.992. The number of hydrogen-bond acceptors (Lipinski definition) is 3. The van der Waals surface area contributed by atoms with Crippen LogP contribution in [0.1, 0.15) is 33.4 Å². The summed E-state index contributed by atoms with van der Waals surface area (Å²) in [7, 11) is 0. The van der Waals surface area contributed by atoms with Crippen molar-refractivity contribution in [3.8, 4) is 28.8 Å². The van der Waals surface area contributed by atoms with Crippen LogP contribution in [0.4, 0.5) is 13.2 Å². The van der Waals surface area contributed by atoms with E-state index in [-0.39, 0.29) is 12.2 Å². The highest BCUT2D eigenvalue weighted by Gasteiger charge is 2.36. The predicted molar refractivity (Wildman–Crippen MR) is 137 cm³/mol. The van der Waals surface area contributed by atoms with E-state index < -0.39 is 22.9 Å². The number of nitriles is 1. The molecule has 0 fully saturated rings. The molecule has 0 saturated carbocycles. The minimum atomic E-state index is -4.87. The van der Waals surface area contributed by atoms with Gasteiger partial charge in [-0.1, -0.05) is 41.4 Å². The second kappa shape index (κ2) is 10.2. The smallest absolute Gasteiger partial charge is 0.417 e. The van der Waals surface area contributed by atoms with Crippen LogP contribution in [0.15, 0.2) is 71.5 Å². The van der Waals surface area contributed by atoms with Crippen molar-refractivity contribution in [2.45, 2.75) is 33.5 Å². The maximum absolute atomic E-state index is 13.9. The monoisotopic (exact) mass is 522 g/mol. The van der Waals surface area contributed by atoms with Crippen molar-refractivity contribution in [1.82, 2.24) is 4.57 Å². The van der Waals surface area contributed by atoms with Crippen LogP contribution in [0.2, 0.25) is 5.02 Å². The van der Waals surface area contributed by atoms with Gasteiger partial charge in [0.25, 0.3) is 5.56 Å². The summed E-state index contributed by atoms with van der Waals surface area (Å²) in [4.78, 5) is 13.3. The lowest BCUT2D eigenvalue weighted by atomic mass is 10.0. The maximum Gasteiger partial charge on any atom is 0.417 e. The van der Waals surface area contributed by atoms with E-state index in [2.05, 4.69) is 0 Å². The topological polar surface area (TPSA) is 55.0 Å². The summed E-state index contributed by atoms with van der Waals surface area (Å²) in [6, 6.07) is 19.7. The van der Waals surface area contributed by atoms with Gasteiger partial charge in [-0.25, -0.2) is 0 Å². The highest BCUT2D eigenvalue weighted by molar-refractivity contribution is 6.30. The molecule has 8 heteroatoms. The number of pyridine rings is 1. The fraction of sp³-hybridized carbons (Fsp3) is 0.172. The molecule has 0 N–H and O–H groups in total. The molecule has 0 aliphatic carbocycles. The molecular formula is C29H22ClF3N2O2. The molecule has 4 nitrogen and oxygen atoms in total. The van der Waals surface area contributed by atoms with E-state index in [0.29, 0.717) is 27.6 Å². The van der Waals surface area contributed by atoms with Crippen molar-refractivity contribution >= 4 is 11.6 Å². The van der Waals surface area contributed by atoms with E-state index in [9.17, 15) is 23.2 Å². The number of rotatable bonds is 5. The molecule has 4 rings (SSSR count). The molecule has 1 aromatic heterocycles. The number of halogens is 4. The lowest BCUT2D eigenvalue weighted by Crippen LogP contribution is -2.29. The standard InChI is InChI=1S/C29H22ClF3N2O2/c1-17-7-8-21(18(2)11-17)16-35-26(14-25(29(31,32)33)24(15-34)28(35)36)20-9-10-27(19(3)12-20)37-23-6-4-5-22(30)13-23/h4-14H,16H2,1-3H3. The average Bonchev–Trinajstić information content (AvgIpc) is 2.82. The summed E-state index contributed by atoms with van der Waals surface area (Å²) in [5.41, 5.74) is 0.548. The van der Waals surface area contributed by atoms with Gasteiger partial charge in [-0.2, -0.15) is 18.4 Å². The quantitative estimate of drug-likeness (QED) is 0.268. The lowest BCUT2D eigenvalue weighted by molar-refractivity contribution is -0.137. The van der Waals surface area contributed by atoms with Crippen LogP contribution < -0.4 is 10.3 Å². The maximum atomic E-state index is 13.9. The van der Waals surface area contributed by atoms with Crippen molar-refractivity contribution in [2.75, 3.05) is 0 Å². The van der Waals surface area contributed by atoms with E-state index >= 15 is 0 Å². The molecule has 0 atom stereocenters. The second-order valence-corrected chi connectivity index (χ2v) is 9.23. The molecule has 0 aliphatic rings. The fourth-order valence-corrected chi connectivity index (χ4v) is 4.33. The number of alkyl halides is 3. The molecule has 0 aliphatic heterocycles. The van der Waals surface area contributed by atoms with Crippen molar-refractivity contribution in [3.63, 3.8) is 0 Å². The zero-order chi connectivity index (χ0) is 26.9. The molecule has 0 bridgehead atoms. The first-order valence-corrected chi connectivity index (χ1v) is 11.7. The minimum Gasteiger partial charge on any atom is -0.457 e. The van der Waals surface area contributed by atoms with Gasteiger partial charge in [-0.15, -0.1) is 0 Å². The lowest BCUT2D eigenvalue weighted by Gasteiger charge is -2.19. The zero-order valence-corrected chi connectivity index (χ0v) is 21.0. The fourth-order valence-electron chi connectivity index (χ4n) is 4.15. The van der Waals surface area contributed by atoms with Crippen LogP contribution >= 0.6 is 11.6 Å². The van der Waals surface area contributed by atoms with Crippen LogP contribution in [0.3, 0.4) is 0 Å². The summed E-state index contributed by atoms with van der Waals surface area (Å²) < 4.78 is 48.7. The Morgan fingerprint density at radius 2 is 1.73 bits per heavy atom. The van der Waals surface area contributed by atoms with Crippen molar-refractivity contribution < 1.29 is 17.9 Å². The van der Waals surface area contributed by atoms with Gasteiger partial charge >= 0.3 is 6.18 Å². The first-order chi connectivity index (χ1) is 17.5. The molecular weight excluding hydrogens is 501 g/mol.